The Hall–Kier alpha value is -2.40. The SMILES string of the molecule is CC(NC(=O)CC(O)C(C)C)c1ccc(OCc2cccnc2)cc1. The van der Waals surface area contributed by atoms with E-state index in [2.05, 4.69) is 10.3 Å². The predicted molar refractivity (Wildman–Crippen MR) is 97.0 cm³/mol. The Morgan fingerprint density at radius 3 is 2.52 bits per heavy atom. The van der Waals surface area contributed by atoms with Gasteiger partial charge in [-0.1, -0.05) is 32.0 Å². The van der Waals surface area contributed by atoms with E-state index in [-0.39, 0.29) is 24.3 Å². The first-order valence-electron chi connectivity index (χ1n) is 8.54. The van der Waals surface area contributed by atoms with Crippen LogP contribution in [0.3, 0.4) is 0 Å². The van der Waals surface area contributed by atoms with Crippen LogP contribution < -0.4 is 10.1 Å². The van der Waals surface area contributed by atoms with Crippen LogP contribution in [0.4, 0.5) is 0 Å². The smallest absolute Gasteiger partial charge is 0.223 e. The summed E-state index contributed by atoms with van der Waals surface area (Å²) < 4.78 is 5.73. The standard InChI is InChI=1S/C20H26N2O3/c1-14(2)19(23)11-20(24)22-15(3)17-6-8-18(9-7-17)25-13-16-5-4-10-21-12-16/h4-10,12,14-15,19,23H,11,13H2,1-3H3,(H,22,24). The minimum atomic E-state index is -0.615. The van der Waals surface area contributed by atoms with Crippen LogP contribution in [0.25, 0.3) is 0 Å². The van der Waals surface area contributed by atoms with Crippen LogP contribution in [0.5, 0.6) is 5.75 Å². The lowest BCUT2D eigenvalue weighted by Crippen LogP contribution is -2.31. The molecule has 2 rings (SSSR count). The van der Waals surface area contributed by atoms with E-state index in [0.29, 0.717) is 6.61 Å². The normalized spacial score (nSPS) is 13.3. The van der Waals surface area contributed by atoms with Gasteiger partial charge >= 0.3 is 0 Å². The average molecular weight is 342 g/mol. The second-order valence-electron chi connectivity index (χ2n) is 6.52. The highest BCUT2D eigenvalue weighted by atomic mass is 16.5. The predicted octanol–water partition coefficient (Wildman–Crippen LogP) is 3.24. The van der Waals surface area contributed by atoms with E-state index in [1.54, 1.807) is 12.4 Å². The van der Waals surface area contributed by atoms with Crippen molar-refractivity contribution < 1.29 is 14.6 Å². The van der Waals surface area contributed by atoms with Crippen LogP contribution in [0.15, 0.2) is 48.8 Å². The van der Waals surface area contributed by atoms with Gasteiger partial charge in [0, 0.05) is 18.0 Å². The van der Waals surface area contributed by atoms with E-state index in [4.69, 9.17) is 4.74 Å². The van der Waals surface area contributed by atoms with Crippen molar-refractivity contribution in [1.29, 1.82) is 0 Å². The van der Waals surface area contributed by atoms with Gasteiger partial charge in [-0.25, -0.2) is 0 Å². The van der Waals surface area contributed by atoms with Crippen LogP contribution in [0.2, 0.25) is 0 Å². The van der Waals surface area contributed by atoms with Crippen LogP contribution in [0, 0.1) is 5.92 Å². The number of aromatic nitrogens is 1. The maximum Gasteiger partial charge on any atom is 0.223 e. The minimum absolute atomic E-state index is 0.0669. The zero-order valence-corrected chi connectivity index (χ0v) is 15.0. The number of rotatable bonds is 8. The fraction of sp³-hybridized carbons (Fsp3) is 0.400. The fourth-order valence-corrected chi connectivity index (χ4v) is 2.31. The first-order chi connectivity index (χ1) is 12.0. The molecule has 0 aliphatic rings. The molecule has 2 N–H and O–H groups in total. The lowest BCUT2D eigenvalue weighted by molar-refractivity contribution is -0.124. The van der Waals surface area contributed by atoms with E-state index in [1.165, 1.54) is 0 Å². The Labute approximate surface area is 149 Å². The summed E-state index contributed by atoms with van der Waals surface area (Å²) in [5.74, 6) is 0.685. The molecule has 0 bridgehead atoms. The van der Waals surface area contributed by atoms with Gasteiger partial charge in [-0.2, -0.15) is 0 Å². The molecular formula is C20H26N2O3. The molecule has 2 aromatic rings. The molecule has 0 spiro atoms. The monoisotopic (exact) mass is 342 g/mol. The molecule has 5 nitrogen and oxygen atoms in total. The third-order valence-corrected chi connectivity index (χ3v) is 4.05. The first kappa shape index (κ1) is 18.9. The number of ether oxygens (including phenoxy) is 1. The van der Waals surface area contributed by atoms with Crippen molar-refractivity contribution in [3.63, 3.8) is 0 Å². The van der Waals surface area contributed by atoms with Gasteiger partial charge < -0.3 is 15.2 Å². The number of carbonyl (C=O) groups excluding carboxylic acids is 1. The van der Waals surface area contributed by atoms with E-state index in [9.17, 15) is 9.90 Å². The molecule has 0 fully saturated rings. The number of aliphatic hydroxyl groups excluding tert-OH is 1. The molecule has 0 radical (unpaired) electrons. The summed E-state index contributed by atoms with van der Waals surface area (Å²) in [6, 6.07) is 11.4. The summed E-state index contributed by atoms with van der Waals surface area (Å²) in [4.78, 5) is 16.0. The van der Waals surface area contributed by atoms with Crippen LogP contribution >= 0.6 is 0 Å². The minimum Gasteiger partial charge on any atom is -0.489 e. The number of nitrogens with one attached hydrogen (secondary N) is 1. The molecule has 25 heavy (non-hydrogen) atoms. The summed E-state index contributed by atoms with van der Waals surface area (Å²) in [6.45, 7) is 6.18. The van der Waals surface area contributed by atoms with Crippen molar-refractivity contribution >= 4 is 5.91 Å². The van der Waals surface area contributed by atoms with Crippen molar-refractivity contribution in [3.8, 4) is 5.75 Å². The lowest BCUT2D eigenvalue weighted by Gasteiger charge is -2.18. The van der Waals surface area contributed by atoms with Crippen LogP contribution in [-0.4, -0.2) is 22.1 Å². The van der Waals surface area contributed by atoms with Gasteiger partial charge in [-0.3, -0.25) is 9.78 Å². The third kappa shape index (κ3) is 6.19. The van der Waals surface area contributed by atoms with Crippen molar-refractivity contribution in [2.24, 2.45) is 5.92 Å². The number of carbonyl (C=O) groups is 1. The fourth-order valence-electron chi connectivity index (χ4n) is 2.31. The van der Waals surface area contributed by atoms with Crippen LogP contribution in [-0.2, 0) is 11.4 Å². The molecule has 2 atom stereocenters. The highest BCUT2D eigenvalue weighted by Crippen LogP contribution is 2.19. The van der Waals surface area contributed by atoms with Crippen LogP contribution in [0.1, 0.15) is 44.4 Å². The number of pyridine rings is 1. The molecular weight excluding hydrogens is 316 g/mol. The number of amides is 1. The second-order valence-corrected chi connectivity index (χ2v) is 6.52. The first-order valence-corrected chi connectivity index (χ1v) is 8.54. The molecule has 1 amide bonds. The van der Waals surface area contributed by atoms with Crippen molar-refractivity contribution in [2.45, 2.75) is 45.9 Å². The number of benzene rings is 1. The molecule has 1 aromatic carbocycles. The molecule has 1 aromatic heterocycles. The number of hydrogen-bond acceptors (Lipinski definition) is 4. The van der Waals surface area contributed by atoms with Gasteiger partial charge in [0.2, 0.25) is 5.91 Å². The molecule has 0 aliphatic carbocycles. The quantitative estimate of drug-likeness (QED) is 0.772. The Balaban J connectivity index is 1.85. The molecule has 0 saturated carbocycles. The van der Waals surface area contributed by atoms with E-state index < -0.39 is 6.10 Å². The zero-order valence-electron chi connectivity index (χ0n) is 15.0. The Morgan fingerprint density at radius 2 is 1.92 bits per heavy atom. The summed E-state index contributed by atoms with van der Waals surface area (Å²) in [5, 5.41) is 12.7. The van der Waals surface area contributed by atoms with Crippen molar-refractivity contribution in [3.05, 3.63) is 59.9 Å². The van der Waals surface area contributed by atoms with E-state index >= 15 is 0 Å². The third-order valence-electron chi connectivity index (χ3n) is 4.05. The van der Waals surface area contributed by atoms with Gasteiger partial charge in [0.25, 0.3) is 0 Å². The summed E-state index contributed by atoms with van der Waals surface area (Å²) in [6.07, 6.45) is 3.01. The number of nitrogens with zero attached hydrogens (tertiary/aromatic N) is 1. The molecule has 1 heterocycles. The topological polar surface area (TPSA) is 71.5 Å². The molecule has 5 heteroatoms. The van der Waals surface area contributed by atoms with Crippen molar-refractivity contribution in [2.75, 3.05) is 0 Å². The van der Waals surface area contributed by atoms with E-state index in [1.807, 2.05) is 57.2 Å². The largest absolute Gasteiger partial charge is 0.489 e. The highest BCUT2D eigenvalue weighted by Gasteiger charge is 2.16. The van der Waals surface area contributed by atoms with Crippen molar-refractivity contribution in [1.82, 2.24) is 10.3 Å². The van der Waals surface area contributed by atoms with Gasteiger partial charge in [-0.15, -0.1) is 0 Å². The highest BCUT2D eigenvalue weighted by molar-refractivity contribution is 5.76. The number of aliphatic hydroxyl groups is 1. The van der Waals surface area contributed by atoms with Gasteiger partial charge in [0.05, 0.1) is 18.6 Å². The maximum atomic E-state index is 12.0. The second kappa shape index (κ2) is 9.18. The summed E-state index contributed by atoms with van der Waals surface area (Å²) in [7, 11) is 0. The maximum absolute atomic E-state index is 12.0. The summed E-state index contributed by atoms with van der Waals surface area (Å²) in [5.41, 5.74) is 2.00. The summed E-state index contributed by atoms with van der Waals surface area (Å²) >= 11 is 0. The molecule has 2 unspecified atom stereocenters. The van der Waals surface area contributed by atoms with Gasteiger partial charge in [0.15, 0.2) is 0 Å². The molecule has 0 aliphatic heterocycles. The Morgan fingerprint density at radius 1 is 1.20 bits per heavy atom. The Kier molecular flexibility index (Phi) is 6.95. The van der Waals surface area contributed by atoms with E-state index in [0.717, 1.165) is 16.9 Å². The van der Waals surface area contributed by atoms with Gasteiger partial charge in [-0.05, 0) is 36.6 Å². The Bertz CT molecular complexity index is 656. The molecule has 0 saturated heterocycles. The lowest BCUT2D eigenvalue weighted by atomic mass is 10.0. The number of hydrogen-bond donors (Lipinski definition) is 2. The zero-order chi connectivity index (χ0) is 18.2. The molecule has 134 valence electrons. The van der Waals surface area contributed by atoms with Gasteiger partial charge in [0.1, 0.15) is 12.4 Å². The average Bonchev–Trinajstić information content (AvgIpc) is 2.61.